The van der Waals surface area contributed by atoms with E-state index in [4.69, 9.17) is 38.0 Å². The largest absolute Gasteiger partial charge is 0.356 e. The monoisotopic (exact) mass is 742 g/mol. The fourth-order valence-corrected chi connectivity index (χ4v) is 12.8. The van der Waals surface area contributed by atoms with Crippen LogP contribution in [0.15, 0.2) is 35.2 Å². The van der Waals surface area contributed by atoms with Crippen LogP contribution < -0.4 is 0 Å². The predicted molar refractivity (Wildman–Crippen MR) is 201 cm³/mol. The van der Waals surface area contributed by atoms with E-state index in [0.717, 1.165) is 44.9 Å². The van der Waals surface area contributed by atoms with E-state index in [1.54, 1.807) is 6.07 Å². The Morgan fingerprint density at radius 1 is 0.843 bits per heavy atom. The summed E-state index contributed by atoms with van der Waals surface area (Å²) in [5.41, 5.74) is -0.354. The van der Waals surface area contributed by atoms with E-state index in [0.29, 0.717) is 38.4 Å². The average molecular weight is 742 g/mol. The zero-order valence-corrected chi connectivity index (χ0v) is 32.8. The second kappa shape index (κ2) is 18.0. The Balaban J connectivity index is 1.49. The van der Waals surface area contributed by atoms with Gasteiger partial charge in [0, 0.05) is 34.8 Å². The highest BCUT2D eigenvalue weighted by Gasteiger charge is 2.66. The molecule has 51 heavy (non-hydrogen) atoms. The van der Waals surface area contributed by atoms with E-state index < -0.39 is 34.7 Å². The summed E-state index contributed by atoms with van der Waals surface area (Å²) < 4.78 is 124. The van der Waals surface area contributed by atoms with Crippen molar-refractivity contribution in [3.8, 4) is 0 Å². The van der Waals surface area contributed by atoms with Gasteiger partial charge in [0.2, 0.25) is 0 Å². The second-order valence-corrected chi connectivity index (χ2v) is 18.2. The van der Waals surface area contributed by atoms with Crippen LogP contribution in [0.3, 0.4) is 0 Å². The maximum atomic E-state index is 14.3. The van der Waals surface area contributed by atoms with Crippen LogP contribution in [0.4, 0.5) is 0 Å². The minimum atomic E-state index is -4.56. The van der Waals surface area contributed by atoms with Crippen LogP contribution in [0.1, 0.15) is 123 Å². The number of rotatable bonds is 19. The molecule has 4 aliphatic carbocycles. The van der Waals surface area contributed by atoms with Crippen LogP contribution >= 0.6 is 0 Å². The highest BCUT2D eigenvalue weighted by atomic mass is 32.2. The first-order valence-corrected chi connectivity index (χ1v) is 21.1. The highest BCUT2D eigenvalue weighted by Crippen LogP contribution is 2.69. The molecule has 0 saturated heterocycles. The van der Waals surface area contributed by atoms with Crippen LogP contribution in [-0.2, 0) is 38.3 Å². The van der Waals surface area contributed by atoms with Crippen LogP contribution in [0.5, 0.6) is 0 Å². The molecule has 0 bridgehead atoms. The van der Waals surface area contributed by atoms with Gasteiger partial charge in [-0.05, 0) is 138 Å². The lowest BCUT2D eigenvalue weighted by Gasteiger charge is -2.64. The molecule has 0 N–H and O–H groups in total. The van der Waals surface area contributed by atoms with Gasteiger partial charge in [0.25, 0.3) is 0 Å². The Morgan fingerprint density at radius 2 is 1.51 bits per heavy atom. The highest BCUT2D eigenvalue weighted by molar-refractivity contribution is 7.92. The fraction of sp³-hybridized carbons (Fsp3) is 0.857. The van der Waals surface area contributed by atoms with Crippen molar-refractivity contribution in [2.24, 2.45) is 52.2 Å². The van der Waals surface area contributed by atoms with Gasteiger partial charge < -0.3 is 28.4 Å². The lowest BCUT2D eigenvalue weighted by molar-refractivity contribution is -0.252. The molecular formula is C42H70O8S. The van der Waals surface area contributed by atoms with E-state index in [-0.39, 0.29) is 84.1 Å². The van der Waals surface area contributed by atoms with Crippen molar-refractivity contribution in [3.05, 3.63) is 30.3 Å². The Hall–Kier alpha value is -1.07. The predicted octanol–water partition coefficient (Wildman–Crippen LogP) is 8.92. The summed E-state index contributed by atoms with van der Waals surface area (Å²) in [4.78, 5) is -0.189. The average Bonchev–Trinajstić information content (AvgIpc) is 3.52. The second-order valence-electron chi connectivity index (χ2n) is 16.1. The van der Waals surface area contributed by atoms with E-state index in [2.05, 4.69) is 20.8 Å². The Kier molecular flexibility index (Phi) is 11.4. The van der Waals surface area contributed by atoms with Gasteiger partial charge in [-0.25, -0.2) is 8.42 Å². The first-order valence-electron chi connectivity index (χ1n) is 23.1. The summed E-state index contributed by atoms with van der Waals surface area (Å²) in [6.45, 7) is 8.21. The molecule has 4 aliphatic rings. The zero-order chi connectivity index (χ0) is 42.7. The molecule has 0 radical (unpaired) electrons. The zero-order valence-electron chi connectivity index (χ0n) is 38.9. The van der Waals surface area contributed by atoms with Gasteiger partial charge in [-0.1, -0.05) is 52.7 Å². The molecule has 292 valence electrons. The molecule has 4 saturated carbocycles. The molecule has 1 aromatic rings. The summed E-state index contributed by atoms with van der Waals surface area (Å²) in [6, 6.07) is 7.35. The van der Waals surface area contributed by atoms with Crippen molar-refractivity contribution in [1.82, 2.24) is 0 Å². The SMILES string of the molecule is [2H]C([2H])([2H])C([2H])(C(CC[C@@H](C)[C@H]1CC[C@H]2[C@@H]3[C@H](OCOCC)C[C@@H]4C[C@H](OCOCC)CC[C@]4(C)[C@H]3C[C@H](OCOCC)[C@]12C)S(=O)(=O)c1ccccc1)C([2H])([2H])[2H]. The number of sulfone groups is 1. The smallest absolute Gasteiger partial charge is 0.181 e. The van der Waals surface area contributed by atoms with Crippen LogP contribution in [-0.4, -0.2) is 72.2 Å². The number of hydrogen-bond donors (Lipinski definition) is 0. The van der Waals surface area contributed by atoms with Gasteiger partial charge in [0.1, 0.15) is 20.4 Å². The molecule has 0 spiro atoms. The van der Waals surface area contributed by atoms with Crippen LogP contribution in [0.2, 0.25) is 0 Å². The number of benzene rings is 1. The molecule has 5 rings (SSSR count). The molecule has 9 heteroatoms. The lowest BCUT2D eigenvalue weighted by Crippen LogP contribution is -2.63. The molecule has 0 heterocycles. The fourth-order valence-electron chi connectivity index (χ4n) is 11.1. The van der Waals surface area contributed by atoms with Gasteiger partial charge in [-0.2, -0.15) is 0 Å². The van der Waals surface area contributed by atoms with Crippen LogP contribution in [0, 0.1) is 52.2 Å². The lowest BCUT2D eigenvalue weighted by atomic mass is 9.43. The number of fused-ring (bicyclic) bond motifs is 5. The third kappa shape index (κ3) is 8.60. The van der Waals surface area contributed by atoms with Crippen molar-refractivity contribution in [3.63, 3.8) is 0 Å². The standard InChI is InChI=1S/C42H70O8S/c1-9-45-26-48-32-21-22-41(7)31(23-32)24-37(49-27-46-10-2)40-35-19-18-34(42(35,8)39(25-36(40)41)50-28-47-11-3)30(6)17-20-38(29(4)5)51(43,44)33-15-13-12-14-16-33/h12-16,29-32,34-40H,9-11,17-28H2,1-8H3/t30-,31+,32-,34-,35+,36+,37-,38?,39+,40+,41+,42-/m1/s1/i4D3,5D3,29D. The third-order valence-electron chi connectivity index (χ3n) is 13.8. The maximum Gasteiger partial charge on any atom is 0.181 e. The molecule has 1 aromatic carbocycles. The van der Waals surface area contributed by atoms with Gasteiger partial charge in [-0.3, -0.25) is 0 Å². The minimum Gasteiger partial charge on any atom is -0.356 e. The summed E-state index contributed by atoms with van der Waals surface area (Å²) >= 11 is 0. The quantitative estimate of drug-likeness (QED) is 0.103. The Morgan fingerprint density at radius 3 is 2.18 bits per heavy atom. The van der Waals surface area contributed by atoms with Gasteiger partial charge >= 0.3 is 0 Å². The first-order chi connectivity index (χ1) is 27.2. The molecule has 1 unspecified atom stereocenters. The summed E-state index contributed by atoms with van der Waals surface area (Å²) in [7, 11) is -4.56. The first kappa shape index (κ1) is 32.2. The summed E-state index contributed by atoms with van der Waals surface area (Å²) in [5.74, 6) is -2.29. The van der Waals surface area contributed by atoms with Gasteiger partial charge in [0.15, 0.2) is 9.84 Å². The number of ether oxygens (including phenoxy) is 6. The molecule has 0 aliphatic heterocycles. The minimum absolute atomic E-state index is 0.0287. The molecule has 0 amide bonds. The summed E-state index contributed by atoms with van der Waals surface area (Å²) in [6.07, 6.45) is 6.18. The molecule has 12 atom stereocenters. The van der Waals surface area contributed by atoms with E-state index in [1.165, 1.54) is 24.3 Å². The maximum absolute atomic E-state index is 14.3. The van der Waals surface area contributed by atoms with E-state index in [9.17, 15) is 8.42 Å². The van der Waals surface area contributed by atoms with Crippen molar-refractivity contribution in [2.75, 3.05) is 40.2 Å². The third-order valence-corrected chi connectivity index (χ3v) is 16.0. The molecule has 0 aromatic heterocycles. The van der Waals surface area contributed by atoms with Crippen LogP contribution in [0.25, 0.3) is 0 Å². The van der Waals surface area contributed by atoms with E-state index in [1.807, 2.05) is 20.8 Å². The van der Waals surface area contributed by atoms with Gasteiger partial charge in [-0.15, -0.1) is 0 Å². The normalized spacial score (nSPS) is 39.1. The van der Waals surface area contributed by atoms with Crippen molar-refractivity contribution < 1.29 is 46.4 Å². The van der Waals surface area contributed by atoms with E-state index >= 15 is 0 Å². The topological polar surface area (TPSA) is 89.5 Å². The number of hydrogen-bond acceptors (Lipinski definition) is 8. The Bertz CT molecular complexity index is 1550. The van der Waals surface area contributed by atoms with Crippen molar-refractivity contribution in [2.45, 2.75) is 141 Å². The van der Waals surface area contributed by atoms with Crippen molar-refractivity contribution in [1.29, 1.82) is 0 Å². The Labute approximate surface area is 320 Å². The molecule has 4 fully saturated rings. The molecule has 8 nitrogen and oxygen atoms in total. The molecular weight excluding hydrogens is 665 g/mol. The summed E-state index contributed by atoms with van der Waals surface area (Å²) in [5, 5.41) is -2.00. The van der Waals surface area contributed by atoms with Gasteiger partial charge in [0.05, 0.1) is 28.5 Å². The van der Waals surface area contributed by atoms with Crippen molar-refractivity contribution >= 4 is 9.84 Å².